The Bertz CT molecular complexity index is 1100. The maximum Gasteiger partial charge on any atom is 0.355 e. The molecular formula is C25H32N4O5. The number of carbonyl (C=O) groups is 3. The van der Waals surface area contributed by atoms with Crippen molar-refractivity contribution < 1.29 is 24.2 Å². The lowest BCUT2D eigenvalue weighted by Crippen LogP contribution is -2.38. The molecule has 1 unspecified atom stereocenters. The maximum absolute atomic E-state index is 13.2. The van der Waals surface area contributed by atoms with Crippen LogP contribution in [0.5, 0.6) is 0 Å². The zero-order valence-electron chi connectivity index (χ0n) is 20.3. The molecule has 1 aliphatic rings. The first kappa shape index (κ1) is 25.2. The topological polar surface area (TPSA) is 116 Å². The number of aromatic nitrogens is 2. The number of aliphatic hydroxyl groups is 1. The molecule has 0 radical (unpaired) electrons. The fraction of sp³-hybridized carbons (Fsp3) is 0.440. The Balaban J connectivity index is 2.14. The molecule has 1 fully saturated rings. The lowest BCUT2D eigenvalue weighted by atomic mass is 9.94. The quantitative estimate of drug-likeness (QED) is 0.252. The summed E-state index contributed by atoms with van der Waals surface area (Å²) in [5.41, 5.74) is 2.15. The summed E-state index contributed by atoms with van der Waals surface area (Å²) in [6.07, 6.45) is 3.18. The first-order valence-electron chi connectivity index (χ1n) is 11.5. The number of nitrogens with zero attached hydrogens (tertiary/aromatic N) is 3. The molecule has 0 spiro atoms. The first-order valence-corrected chi connectivity index (χ1v) is 11.5. The van der Waals surface area contributed by atoms with E-state index in [0.29, 0.717) is 35.5 Å². The Kier molecular flexibility index (Phi) is 7.88. The minimum absolute atomic E-state index is 0.00337. The molecule has 3 rings (SSSR count). The number of H-pyrrole nitrogens is 1. The third kappa shape index (κ3) is 4.61. The van der Waals surface area contributed by atoms with Gasteiger partial charge in [-0.05, 0) is 57.1 Å². The number of hydrogen-bond donors (Lipinski definition) is 2. The van der Waals surface area contributed by atoms with Crippen molar-refractivity contribution in [1.82, 2.24) is 19.8 Å². The molecule has 1 aliphatic heterocycles. The predicted molar refractivity (Wildman–Crippen MR) is 127 cm³/mol. The number of ketones is 1. The molecule has 1 amide bonds. The van der Waals surface area contributed by atoms with E-state index in [1.165, 1.54) is 4.90 Å². The molecule has 9 heteroatoms. The summed E-state index contributed by atoms with van der Waals surface area (Å²) in [6.45, 7) is 11.9. The summed E-state index contributed by atoms with van der Waals surface area (Å²) in [5.74, 6) is -2.27. The predicted octanol–water partition coefficient (Wildman–Crippen LogP) is 2.97. The third-order valence-corrected chi connectivity index (χ3v) is 6.27. The lowest BCUT2D eigenvalue weighted by molar-refractivity contribution is -0.140. The molecule has 1 saturated heterocycles. The largest absolute Gasteiger partial charge is 0.507 e. The van der Waals surface area contributed by atoms with Gasteiger partial charge >= 0.3 is 5.97 Å². The molecule has 2 aromatic rings. The number of likely N-dealkylation sites (tertiary alicyclic amines) is 1. The second-order valence-electron chi connectivity index (χ2n) is 8.15. The smallest absolute Gasteiger partial charge is 0.355 e. The van der Waals surface area contributed by atoms with Gasteiger partial charge in [-0.2, -0.15) is 0 Å². The fourth-order valence-corrected chi connectivity index (χ4v) is 4.44. The van der Waals surface area contributed by atoms with Crippen LogP contribution in [-0.4, -0.2) is 75.3 Å². The highest BCUT2D eigenvalue weighted by Crippen LogP contribution is 2.40. The number of hydrogen-bond acceptors (Lipinski definition) is 7. The second-order valence-corrected chi connectivity index (χ2v) is 8.15. The Morgan fingerprint density at radius 2 is 1.82 bits per heavy atom. The van der Waals surface area contributed by atoms with Crippen molar-refractivity contribution in [2.75, 3.05) is 32.8 Å². The number of aliphatic hydroxyl groups excluding tert-OH is 1. The van der Waals surface area contributed by atoms with Gasteiger partial charge in [0.15, 0.2) is 0 Å². The van der Waals surface area contributed by atoms with Gasteiger partial charge in [-0.3, -0.25) is 14.6 Å². The van der Waals surface area contributed by atoms with Gasteiger partial charge in [0.25, 0.3) is 11.7 Å². The number of nitrogens with one attached hydrogen (secondary N) is 1. The number of rotatable bonds is 9. The Hall–Kier alpha value is -3.46. The summed E-state index contributed by atoms with van der Waals surface area (Å²) < 4.78 is 5.09. The molecule has 0 aliphatic carbocycles. The van der Waals surface area contributed by atoms with Gasteiger partial charge in [-0.15, -0.1) is 0 Å². The molecule has 0 saturated carbocycles. The Morgan fingerprint density at radius 1 is 1.18 bits per heavy atom. The van der Waals surface area contributed by atoms with Crippen molar-refractivity contribution in [2.24, 2.45) is 0 Å². The summed E-state index contributed by atoms with van der Waals surface area (Å²) >= 11 is 0. The van der Waals surface area contributed by atoms with Crippen LogP contribution in [0.2, 0.25) is 0 Å². The summed E-state index contributed by atoms with van der Waals surface area (Å²) in [5, 5.41) is 11.4. The number of carbonyl (C=O) groups excluding carboxylic acids is 3. The van der Waals surface area contributed by atoms with Crippen LogP contribution in [-0.2, 0) is 14.3 Å². The number of aromatic amines is 1. The zero-order chi connectivity index (χ0) is 25.0. The van der Waals surface area contributed by atoms with Gasteiger partial charge in [0.1, 0.15) is 11.5 Å². The van der Waals surface area contributed by atoms with Crippen LogP contribution in [0, 0.1) is 13.8 Å². The van der Waals surface area contributed by atoms with E-state index in [1.54, 1.807) is 45.3 Å². The van der Waals surface area contributed by atoms with E-state index >= 15 is 0 Å². The van der Waals surface area contributed by atoms with Crippen LogP contribution in [0.3, 0.4) is 0 Å². The second kappa shape index (κ2) is 10.6. The number of aryl methyl sites for hydroxylation is 1. The van der Waals surface area contributed by atoms with Crippen molar-refractivity contribution >= 4 is 23.4 Å². The average molecular weight is 469 g/mol. The van der Waals surface area contributed by atoms with E-state index in [9.17, 15) is 19.5 Å². The number of amides is 1. The molecule has 1 atom stereocenters. The third-order valence-electron chi connectivity index (χ3n) is 6.27. The molecule has 9 nitrogen and oxygen atoms in total. The van der Waals surface area contributed by atoms with Gasteiger partial charge in [-0.25, -0.2) is 4.79 Å². The molecule has 182 valence electrons. The summed E-state index contributed by atoms with van der Waals surface area (Å²) in [4.78, 5) is 49.3. The van der Waals surface area contributed by atoms with Crippen molar-refractivity contribution in [3.8, 4) is 0 Å². The van der Waals surface area contributed by atoms with Crippen LogP contribution >= 0.6 is 0 Å². The highest BCUT2D eigenvalue weighted by molar-refractivity contribution is 6.46. The zero-order valence-corrected chi connectivity index (χ0v) is 20.3. The minimum Gasteiger partial charge on any atom is -0.507 e. The fourth-order valence-electron chi connectivity index (χ4n) is 4.44. The number of esters is 1. The highest BCUT2D eigenvalue weighted by Gasteiger charge is 2.46. The highest BCUT2D eigenvalue weighted by atomic mass is 16.5. The number of pyridine rings is 1. The Labute approximate surface area is 199 Å². The van der Waals surface area contributed by atoms with E-state index in [2.05, 4.69) is 14.9 Å². The number of ether oxygens (including phenoxy) is 1. The van der Waals surface area contributed by atoms with Crippen LogP contribution in [0.1, 0.15) is 59.7 Å². The van der Waals surface area contributed by atoms with Crippen molar-refractivity contribution in [1.29, 1.82) is 0 Å². The van der Waals surface area contributed by atoms with Crippen molar-refractivity contribution in [2.45, 2.75) is 40.7 Å². The summed E-state index contributed by atoms with van der Waals surface area (Å²) in [6, 6.07) is 2.70. The van der Waals surface area contributed by atoms with Crippen molar-refractivity contribution in [3.63, 3.8) is 0 Å². The maximum atomic E-state index is 13.2. The minimum atomic E-state index is -0.765. The molecule has 2 N–H and O–H groups in total. The SMILES string of the molecule is CCOC(=O)c1[nH]c(C)c(/C(O)=C2/C(=O)C(=O)N(CCN(CC)CC)C2c2ccncc2)c1C. The number of Topliss-reactive ketones (excluding diaryl/α,β-unsaturated/α-hetero) is 1. The standard InChI is InChI=1S/C25H32N4O5/c1-6-28(7-2)13-14-29-21(17-9-11-26-12-10-17)19(23(31)24(29)32)22(30)18-15(4)20(27-16(18)5)25(33)34-8-3/h9-12,21,27,30H,6-8,13-14H2,1-5H3/b22-19-. The normalized spacial score (nSPS) is 17.6. The van der Waals surface area contributed by atoms with Gasteiger partial charge in [0.05, 0.1) is 18.2 Å². The lowest BCUT2D eigenvalue weighted by Gasteiger charge is -2.28. The van der Waals surface area contributed by atoms with E-state index in [-0.39, 0.29) is 23.6 Å². The van der Waals surface area contributed by atoms with Crippen LogP contribution < -0.4 is 0 Å². The average Bonchev–Trinajstić information content (AvgIpc) is 3.27. The molecule has 2 aromatic heterocycles. The number of likely N-dealkylation sites (N-methyl/N-ethyl adjacent to an activating group) is 1. The van der Waals surface area contributed by atoms with E-state index in [0.717, 1.165) is 13.1 Å². The molecular weight excluding hydrogens is 436 g/mol. The van der Waals surface area contributed by atoms with Crippen LogP contribution in [0.25, 0.3) is 5.76 Å². The van der Waals surface area contributed by atoms with E-state index < -0.39 is 23.7 Å². The van der Waals surface area contributed by atoms with E-state index in [4.69, 9.17) is 4.74 Å². The van der Waals surface area contributed by atoms with Crippen LogP contribution in [0.15, 0.2) is 30.1 Å². The van der Waals surface area contributed by atoms with Crippen LogP contribution in [0.4, 0.5) is 0 Å². The van der Waals surface area contributed by atoms with Crippen molar-refractivity contribution in [3.05, 3.63) is 58.2 Å². The Morgan fingerprint density at radius 3 is 2.41 bits per heavy atom. The van der Waals surface area contributed by atoms with Gasteiger partial charge in [0, 0.05) is 36.7 Å². The first-order chi connectivity index (χ1) is 16.3. The van der Waals surface area contributed by atoms with Gasteiger partial charge in [0.2, 0.25) is 0 Å². The van der Waals surface area contributed by atoms with Gasteiger partial charge in [-0.1, -0.05) is 13.8 Å². The van der Waals surface area contributed by atoms with Gasteiger partial charge < -0.3 is 24.6 Å². The molecule has 0 aromatic carbocycles. The summed E-state index contributed by atoms with van der Waals surface area (Å²) in [7, 11) is 0. The molecule has 34 heavy (non-hydrogen) atoms. The van der Waals surface area contributed by atoms with E-state index in [1.807, 2.05) is 13.8 Å². The molecule has 0 bridgehead atoms. The molecule has 3 heterocycles. The monoisotopic (exact) mass is 468 g/mol.